The number of aryl methyl sites for hydroxylation is 1. The molecule has 0 aliphatic heterocycles. The summed E-state index contributed by atoms with van der Waals surface area (Å²) in [5, 5.41) is 0. The third kappa shape index (κ3) is 2.98. The Bertz CT molecular complexity index is 516. The first-order valence-electron chi connectivity index (χ1n) is 6.81. The van der Waals surface area contributed by atoms with E-state index in [1.54, 1.807) is 7.11 Å². The minimum Gasteiger partial charge on any atom is -0.496 e. The summed E-state index contributed by atoms with van der Waals surface area (Å²) in [6.07, 6.45) is 1.86. The van der Waals surface area contributed by atoms with Crippen molar-refractivity contribution in [3.8, 4) is 5.75 Å². The average Bonchev–Trinajstić information content (AvgIpc) is 2.49. The van der Waals surface area contributed by atoms with E-state index in [0.29, 0.717) is 5.92 Å². The van der Waals surface area contributed by atoms with Crippen molar-refractivity contribution >= 4 is 0 Å². The summed E-state index contributed by atoms with van der Waals surface area (Å²) in [7, 11) is 1.73. The van der Waals surface area contributed by atoms with Crippen LogP contribution in [0.5, 0.6) is 5.75 Å². The summed E-state index contributed by atoms with van der Waals surface area (Å²) in [4.78, 5) is 0. The molecule has 2 rings (SSSR count). The molecule has 0 aromatic heterocycles. The summed E-state index contributed by atoms with van der Waals surface area (Å²) < 4.78 is 5.52. The smallest absolute Gasteiger partial charge is 0.122 e. The van der Waals surface area contributed by atoms with E-state index in [1.165, 1.54) is 16.7 Å². The van der Waals surface area contributed by atoms with Crippen LogP contribution in [-0.2, 0) is 6.42 Å². The van der Waals surface area contributed by atoms with Crippen molar-refractivity contribution in [1.29, 1.82) is 0 Å². The second kappa shape index (κ2) is 6.42. The van der Waals surface area contributed by atoms with Crippen LogP contribution in [0.1, 0.15) is 36.0 Å². The van der Waals surface area contributed by atoms with Crippen molar-refractivity contribution in [3.63, 3.8) is 0 Å². The zero-order valence-corrected chi connectivity index (χ0v) is 11.7. The average molecular weight is 253 g/mol. The molecule has 1 radical (unpaired) electrons. The predicted octanol–water partition coefficient (Wildman–Crippen LogP) is 4.61. The van der Waals surface area contributed by atoms with Crippen LogP contribution >= 0.6 is 0 Å². The summed E-state index contributed by atoms with van der Waals surface area (Å²) in [6, 6.07) is 17.0. The zero-order chi connectivity index (χ0) is 13.7. The number of hydrogen-bond acceptors (Lipinski definition) is 1. The molecule has 0 spiro atoms. The van der Waals surface area contributed by atoms with E-state index in [1.807, 2.05) is 6.07 Å². The molecule has 0 saturated heterocycles. The van der Waals surface area contributed by atoms with Crippen molar-refractivity contribution in [2.24, 2.45) is 0 Å². The standard InChI is InChI=1S/C18H21O/c1-4-14-11-12-18(19-3)17(13-14)16(5-2)15-9-7-6-8-10-15/h6-13,16H,2,4-5H2,1,3H3/t16-/m0/s1. The Morgan fingerprint density at radius 3 is 2.42 bits per heavy atom. The lowest BCUT2D eigenvalue weighted by atomic mass is 9.87. The molecule has 0 bridgehead atoms. The van der Waals surface area contributed by atoms with Crippen LogP contribution < -0.4 is 4.74 Å². The van der Waals surface area contributed by atoms with Crippen LogP contribution in [0, 0.1) is 6.92 Å². The van der Waals surface area contributed by atoms with Crippen molar-refractivity contribution in [2.75, 3.05) is 7.11 Å². The van der Waals surface area contributed by atoms with Gasteiger partial charge >= 0.3 is 0 Å². The zero-order valence-electron chi connectivity index (χ0n) is 11.7. The fraction of sp³-hybridized carbons (Fsp3) is 0.278. The molecular weight excluding hydrogens is 232 g/mol. The molecule has 0 saturated carbocycles. The number of benzene rings is 2. The molecule has 1 nitrogen and oxygen atoms in total. The van der Waals surface area contributed by atoms with Gasteiger partial charge in [-0.3, -0.25) is 0 Å². The van der Waals surface area contributed by atoms with Gasteiger partial charge in [-0.15, -0.1) is 0 Å². The van der Waals surface area contributed by atoms with E-state index in [0.717, 1.165) is 18.6 Å². The van der Waals surface area contributed by atoms with Crippen molar-refractivity contribution in [3.05, 3.63) is 72.1 Å². The van der Waals surface area contributed by atoms with Crippen LogP contribution in [0.3, 0.4) is 0 Å². The van der Waals surface area contributed by atoms with Gasteiger partial charge in [0.1, 0.15) is 5.75 Å². The van der Waals surface area contributed by atoms with E-state index in [-0.39, 0.29) is 0 Å². The Balaban J connectivity index is 2.48. The summed E-state index contributed by atoms with van der Waals surface area (Å²) >= 11 is 0. The van der Waals surface area contributed by atoms with Gasteiger partial charge in [-0.2, -0.15) is 0 Å². The first-order valence-corrected chi connectivity index (χ1v) is 6.81. The maximum atomic E-state index is 5.52. The lowest BCUT2D eigenvalue weighted by Gasteiger charge is -2.20. The highest BCUT2D eigenvalue weighted by atomic mass is 16.5. The molecule has 2 aromatic carbocycles. The van der Waals surface area contributed by atoms with Crippen molar-refractivity contribution in [1.82, 2.24) is 0 Å². The first-order chi connectivity index (χ1) is 9.30. The molecule has 0 aliphatic carbocycles. The fourth-order valence-electron chi connectivity index (χ4n) is 2.46. The third-order valence-electron chi connectivity index (χ3n) is 3.57. The fourth-order valence-corrected chi connectivity index (χ4v) is 2.46. The Labute approximate surface area is 116 Å². The van der Waals surface area contributed by atoms with Gasteiger partial charge in [0.2, 0.25) is 0 Å². The number of hydrogen-bond donors (Lipinski definition) is 0. The van der Waals surface area contributed by atoms with Crippen LogP contribution in [0.15, 0.2) is 48.5 Å². The van der Waals surface area contributed by atoms with Gasteiger partial charge < -0.3 is 4.74 Å². The SMILES string of the molecule is [CH2]C[C@@H](c1ccccc1)c1cc(CC)ccc1OC. The van der Waals surface area contributed by atoms with E-state index in [9.17, 15) is 0 Å². The second-order valence-corrected chi connectivity index (χ2v) is 4.68. The van der Waals surface area contributed by atoms with Gasteiger partial charge in [0.15, 0.2) is 0 Å². The lowest BCUT2D eigenvalue weighted by molar-refractivity contribution is 0.407. The quantitative estimate of drug-likeness (QED) is 0.756. The minimum atomic E-state index is 0.294. The van der Waals surface area contributed by atoms with E-state index < -0.39 is 0 Å². The van der Waals surface area contributed by atoms with Gasteiger partial charge in [-0.25, -0.2) is 0 Å². The number of methoxy groups -OCH3 is 1. The van der Waals surface area contributed by atoms with E-state index >= 15 is 0 Å². The summed E-state index contributed by atoms with van der Waals surface area (Å²) in [6.45, 7) is 6.29. The van der Waals surface area contributed by atoms with Gasteiger partial charge in [-0.05, 0) is 30.0 Å². The van der Waals surface area contributed by atoms with Crippen LogP contribution in [0.25, 0.3) is 0 Å². The molecule has 0 N–H and O–H groups in total. The number of ether oxygens (including phenoxy) is 1. The Hall–Kier alpha value is -1.76. The topological polar surface area (TPSA) is 9.23 Å². The highest BCUT2D eigenvalue weighted by molar-refractivity contribution is 5.44. The van der Waals surface area contributed by atoms with Crippen LogP contribution in [0.2, 0.25) is 0 Å². The first kappa shape index (κ1) is 13.7. The third-order valence-corrected chi connectivity index (χ3v) is 3.57. The molecule has 1 atom stereocenters. The van der Waals surface area contributed by atoms with E-state index in [4.69, 9.17) is 4.74 Å². The largest absolute Gasteiger partial charge is 0.496 e. The number of rotatable bonds is 5. The molecule has 19 heavy (non-hydrogen) atoms. The minimum absolute atomic E-state index is 0.294. The molecule has 0 heterocycles. The molecule has 99 valence electrons. The summed E-state index contributed by atoms with van der Waals surface area (Å²) in [5.74, 6) is 1.25. The maximum Gasteiger partial charge on any atom is 0.122 e. The Morgan fingerprint density at radius 1 is 1.11 bits per heavy atom. The highest BCUT2D eigenvalue weighted by Gasteiger charge is 2.16. The normalized spacial score (nSPS) is 12.2. The van der Waals surface area contributed by atoms with Gasteiger partial charge in [0.05, 0.1) is 7.11 Å². The van der Waals surface area contributed by atoms with Gasteiger partial charge in [0, 0.05) is 11.5 Å². The lowest BCUT2D eigenvalue weighted by Crippen LogP contribution is -2.03. The molecule has 0 fully saturated rings. The molecule has 0 unspecified atom stereocenters. The highest BCUT2D eigenvalue weighted by Crippen LogP contribution is 2.34. The molecule has 0 aliphatic rings. The molecule has 0 amide bonds. The maximum absolute atomic E-state index is 5.52. The van der Waals surface area contributed by atoms with Crippen molar-refractivity contribution in [2.45, 2.75) is 25.7 Å². The molecule has 1 heteroatoms. The van der Waals surface area contributed by atoms with Crippen LogP contribution in [0.4, 0.5) is 0 Å². The molecule has 2 aromatic rings. The molecular formula is C18H21O. The van der Waals surface area contributed by atoms with Gasteiger partial charge in [0.25, 0.3) is 0 Å². The van der Waals surface area contributed by atoms with Crippen LogP contribution in [-0.4, -0.2) is 7.11 Å². The monoisotopic (exact) mass is 253 g/mol. The Morgan fingerprint density at radius 2 is 1.84 bits per heavy atom. The van der Waals surface area contributed by atoms with Crippen molar-refractivity contribution < 1.29 is 4.74 Å². The van der Waals surface area contributed by atoms with E-state index in [2.05, 4.69) is 56.3 Å². The Kier molecular flexibility index (Phi) is 4.62. The second-order valence-electron chi connectivity index (χ2n) is 4.68. The van der Waals surface area contributed by atoms with Gasteiger partial charge in [-0.1, -0.05) is 56.3 Å². The predicted molar refractivity (Wildman–Crippen MR) is 80.6 cm³/mol. The summed E-state index contributed by atoms with van der Waals surface area (Å²) in [5.41, 5.74) is 3.87.